The van der Waals surface area contributed by atoms with E-state index in [4.69, 9.17) is 0 Å². The minimum atomic E-state index is -0.451. The summed E-state index contributed by atoms with van der Waals surface area (Å²) < 4.78 is 15.9. The second kappa shape index (κ2) is 6.04. The molecule has 0 radical (unpaired) electrons. The molecule has 0 saturated heterocycles. The van der Waals surface area contributed by atoms with Crippen LogP contribution in [0.4, 0.5) is 10.1 Å². The molecule has 4 nitrogen and oxygen atoms in total. The van der Waals surface area contributed by atoms with E-state index in [0.29, 0.717) is 11.4 Å². The number of aromatic nitrogens is 2. The van der Waals surface area contributed by atoms with E-state index >= 15 is 0 Å². The number of halogens is 1. The fourth-order valence-electron chi connectivity index (χ4n) is 2.37. The Bertz CT molecular complexity index is 857. The Morgan fingerprint density at radius 1 is 1.13 bits per heavy atom. The van der Waals surface area contributed by atoms with Crippen molar-refractivity contribution in [3.05, 3.63) is 77.6 Å². The maximum Gasteiger partial charge on any atom is 0.255 e. The fraction of sp³-hybridized carbons (Fsp3) is 0.111. The van der Waals surface area contributed by atoms with Crippen LogP contribution < -0.4 is 5.32 Å². The van der Waals surface area contributed by atoms with Gasteiger partial charge in [-0.25, -0.2) is 4.39 Å². The summed E-state index contributed by atoms with van der Waals surface area (Å²) in [4.78, 5) is 16.6. The third-order valence-electron chi connectivity index (χ3n) is 3.57. The molecule has 2 heterocycles. The molecule has 0 aliphatic rings. The molecule has 0 bridgehead atoms. The number of anilines is 1. The highest BCUT2D eigenvalue weighted by atomic mass is 19.1. The molecule has 2 aromatic heterocycles. The van der Waals surface area contributed by atoms with Gasteiger partial charge in [-0.3, -0.25) is 9.78 Å². The highest BCUT2D eigenvalue weighted by Gasteiger charge is 2.12. The summed E-state index contributed by atoms with van der Waals surface area (Å²) in [5.41, 5.74) is 2.89. The predicted molar refractivity (Wildman–Crippen MR) is 87.4 cm³/mol. The topological polar surface area (TPSA) is 46.9 Å². The van der Waals surface area contributed by atoms with Crippen LogP contribution in [0, 0.1) is 19.7 Å². The molecule has 1 aromatic carbocycles. The van der Waals surface area contributed by atoms with Crippen molar-refractivity contribution in [3.63, 3.8) is 0 Å². The molecule has 0 aliphatic heterocycles. The van der Waals surface area contributed by atoms with Crippen LogP contribution in [0.3, 0.4) is 0 Å². The van der Waals surface area contributed by atoms with Crippen molar-refractivity contribution in [2.24, 2.45) is 0 Å². The Kier molecular flexibility index (Phi) is 3.93. The first-order chi connectivity index (χ1) is 11.0. The van der Waals surface area contributed by atoms with Crippen LogP contribution in [0.25, 0.3) is 5.69 Å². The lowest BCUT2D eigenvalue weighted by atomic mass is 10.1. The lowest BCUT2D eigenvalue weighted by Crippen LogP contribution is -2.14. The number of benzene rings is 1. The van der Waals surface area contributed by atoms with E-state index in [1.54, 1.807) is 35.2 Å². The smallest absolute Gasteiger partial charge is 0.255 e. The number of rotatable bonds is 3. The third-order valence-corrected chi connectivity index (χ3v) is 3.57. The van der Waals surface area contributed by atoms with Crippen LogP contribution in [0.15, 0.2) is 54.9 Å². The van der Waals surface area contributed by atoms with E-state index in [-0.39, 0.29) is 11.5 Å². The minimum Gasteiger partial charge on any atom is -0.321 e. The maximum absolute atomic E-state index is 14.2. The van der Waals surface area contributed by atoms with Crippen LogP contribution in [0.5, 0.6) is 0 Å². The number of hydrogen-bond donors (Lipinski definition) is 1. The molecule has 0 atom stereocenters. The van der Waals surface area contributed by atoms with Crippen LogP contribution in [0.2, 0.25) is 0 Å². The predicted octanol–water partition coefficient (Wildman–Crippen LogP) is 3.88. The van der Waals surface area contributed by atoms with E-state index in [0.717, 1.165) is 11.4 Å². The zero-order valence-electron chi connectivity index (χ0n) is 12.9. The zero-order chi connectivity index (χ0) is 16.4. The van der Waals surface area contributed by atoms with Crippen molar-refractivity contribution in [2.45, 2.75) is 13.8 Å². The van der Waals surface area contributed by atoms with Gasteiger partial charge in [0.25, 0.3) is 5.91 Å². The van der Waals surface area contributed by atoms with Gasteiger partial charge in [-0.05, 0) is 56.3 Å². The van der Waals surface area contributed by atoms with Crippen LogP contribution >= 0.6 is 0 Å². The minimum absolute atomic E-state index is 0.262. The van der Waals surface area contributed by atoms with Gasteiger partial charge in [0.05, 0.1) is 17.1 Å². The van der Waals surface area contributed by atoms with Crippen molar-refractivity contribution < 1.29 is 9.18 Å². The first-order valence-electron chi connectivity index (χ1n) is 7.23. The number of pyridine rings is 1. The van der Waals surface area contributed by atoms with E-state index < -0.39 is 5.82 Å². The molecule has 116 valence electrons. The third kappa shape index (κ3) is 3.13. The average molecular weight is 309 g/mol. The Balaban J connectivity index is 1.84. The van der Waals surface area contributed by atoms with E-state index in [1.807, 2.05) is 32.0 Å². The maximum atomic E-state index is 14.2. The molecule has 0 unspecified atom stereocenters. The summed E-state index contributed by atoms with van der Waals surface area (Å²) >= 11 is 0. The largest absolute Gasteiger partial charge is 0.321 e. The van der Waals surface area contributed by atoms with Gasteiger partial charge in [-0.15, -0.1) is 0 Å². The molecule has 0 saturated carbocycles. The second-order valence-corrected chi connectivity index (χ2v) is 5.30. The van der Waals surface area contributed by atoms with Gasteiger partial charge in [-0.1, -0.05) is 0 Å². The van der Waals surface area contributed by atoms with Gasteiger partial charge in [0.2, 0.25) is 0 Å². The molecule has 3 aromatic rings. The summed E-state index contributed by atoms with van der Waals surface area (Å²) in [5, 5.41) is 2.76. The second-order valence-electron chi connectivity index (χ2n) is 5.30. The van der Waals surface area contributed by atoms with E-state index in [9.17, 15) is 9.18 Å². The summed E-state index contributed by atoms with van der Waals surface area (Å²) in [6.45, 7) is 3.70. The van der Waals surface area contributed by atoms with Crippen LogP contribution in [-0.2, 0) is 0 Å². The van der Waals surface area contributed by atoms with Crippen LogP contribution in [0.1, 0.15) is 21.7 Å². The van der Waals surface area contributed by atoms with Gasteiger partial charge < -0.3 is 9.88 Å². The van der Waals surface area contributed by atoms with E-state index in [2.05, 4.69) is 10.3 Å². The molecule has 23 heavy (non-hydrogen) atoms. The SMILES string of the molecule is Cc1ccc(NC(=O)c2ccc(-n3cccc3)c(F)c2)c(C)n1. The Morgan fingerprint density at radius 2 is 1.87 bits per heavy atom. The molecule has 0 aliphatic carbocycles. The highest BCUT2D eigenvalue weighted by molar-refractivity contribution is 6.04. The highest BCUT2D eigenvalue weighted by Crippen LogP contribution is 2.18. The normalized spacial score (nSPS) is 10.6. The molecule has 5 heteroatoms. The van der Waals surface area contributed by atoms with Gasteiger partial charge in [-0.2, -0.15) is 0 Å². The Labute approximate surface area is 133 Å². The van der Waals surface area contributed by atoms with Gasteiger partial charge >= 0.3 is 0 Å². The number of nitrogens with zero attached hydrogens (tertiary/aromatic N) is 2. The summed E-state index contributed by atoms with van der Waals surface area (Å²) in [7, 11) is 0. The number of carbonyl (C=O) groups is 1. The van der Waals surface area contributed by atoms with Crippen molar-refractivity contribution in [2.75, 3.05) is 5.32 Å². The molecule has 1 N–H and O–H groups in total. The standard InChI is InChI=1S/C18H16FN3O/c1-12-5-7-16(13(2)20-12)21-18(23)14-6-8-17(15(19)11-14)22-9-3-4-10-22/h3-11H,1-2H3,(H,21,23). The zero-order valence-corrected chi connectivity index (χ0v) is 12.9. The number of aryl methyl sites for hydroxylation is 2. The first kappa shape index (κ1) is 15.0. The fourth-order valence-corrected chi connectivity index (χ4v) is 2.37. The average Bonchev–Trinajstić information content (AvgIpc) is 3.04. The summed E-state index contributed by atoms with van der Waals surface area (Å²) in [5.74, 6) is -0.815. The summed E-state index contributed by atoms with van der Waals surface area (Å²) in [6.07, 6.45) is 3.50. The monoisotopic (exact) mass is 309 g/mol. The first-order valence-corrected chi connectivity index (χ1v) is 7.23. The lowest BCUT2D eigenvalue weighted by Gasteiger charge is -2.10. The summed E-state index contributed by atoms with van der Waals surface area (Å²) in [6, 6.07) is 11.7. The number of carbonyl (C=O) groups excluding carboxylic acids is 1. The molecular formula is C18H16FN3O. The number of amides is 1. The Hall–Kier alpha value is -2.95. The number of hydrogen-bond acceptors (Lipinski definition) is 2. The van der Waals surface area contributed by atoms with Gasteiger partial charge in [0, 0.05) is 23.7 Å². The molecule has 0 spiro atoms. The molecule has 0 fully saturated rings. The Morgan fingerprint density at radius 3 is 2.52 bits per heavy atom. The quantitative estimate of drug-likeness (QED) is 0.798. The molecular weight excluding hydrogens is 293 g/mol. The van der Waals surface area contributed by atoms with Crippen molar-refractivity contribution in [1.82, 2.24) is 9.55 Å². The molecule has 3 rings (SSSR count). The molecule has 1 amide bonds. The van der Waals surface area contributed by atoms with Crippen molar-refractivity contribution in [3.8, 4) is 5.69 Å². The van der Waals surface area contributed by atoms with E-state index in [1.165, 1.54) is 6.07 Å². The van der Waals surface area contributed by atoms with Crippen molar-refractivity contribution in [1.29, 1.82) is 0 Å². The number of nitrogens with one attached hydrogen (secondary N) is 1. The van der Waals surface area contributed by atoms with Gasteiger partial charge in [0.15, 0.2) is 0 Å². The van der Waals surface area contributed by atoms with Gasteiger partial charge in [0.1, 0.15) is 5.82 Å². The van der Waals surface area contributed by atoms with Crippen LogP contribution in [-0.4, -0.2) is 15.5 Å². The lowest BCUT2D eigenvalue weighted by molar-refractivity contribution is 0.102. The van der Waals surface area contributed by atoms with Crippen molar-refractivity contribution >= 4 is 11.6 Å².